The van der Waals surface area contributed by atoms with Gasteiger partial charge in [-0.15, -0.1) is 13.2 Å². The lowest BCUT2D eigenvalue weighted by molar-refractivity contribution is -0.371. The maximum Gasteiger partial charge on any atom is 0.459 e. The lowest BCUT2D eigenvalue weighted by atomic mass is 9.91. The summed E-state index contributed by atoms with van der Waals surface area (Å²) >= 11 is 0. The van der Waals surface area contributed by atoms with Gasteiger partial charge in [0, 0.05) is 18.6 Å². The minimum absolute atomic E-state index is 0.263. The van der Waals surface area contributed by atoms with Gasteiger partial charge in [0.2, 0.25) is 0 Å². The molecule has 26 heavy (non-hydrogen) atoms. The Balaban J connectivity index is 3.14. The maximum atomic E-state index is 13.7. The number of nitrogens with zero attached hydrogens (tertiary/aromatic N) is 1. The molecule has 9 heteroatoms. The molecule has 1 aliphatic rings. The average molecular weight is 389 g/mol. The number of β-amino-alcohol motifs (C(OH)–C–C–N with tert-alkyl or cyclic N) is 1. The van der Waals surface area contributed by atoms with Gasteiger partial charge < -0.3 is 5.11 Å². The Hall–Kier alpha value is -1.35. The third-order valence-electron chi connectivity index (χ3n) is 4.35. The van der Waals surface area contributed by atoms with E-state index in [2.05, 4.69) is 13.2 Å². The third-order valence-corrected chi connectivity index (χ3v) is 4.35. The van der Waals surface area contributed by atoms with Gasteiger partial charge in [-0.2, -0.15) is 30.7 Å². The van der Waals surface area contributed by atoms with Crippen molar-refractivity contribution in [2.75, 3.05) is 6.54 Å². The zero-order valence-corrected chi connectivity index (χ0v) is 14.2. The fraction of sp³-hybridized carbons (Fsp3) is 0.647. The molecule has 0 saturated heterocycles. The summed E-state index contributed by atoms with van der Waals surface area (Å²) in [6.07, 6.45) is -4.04. The molecule has 0 aromatic carbocycles. The largest absolute Gasteiger partial charge is 0.459 e. The molecule has 0 saturated carbocycles. The first kappa shape index (κ1) is 22.7. The highest BCUT2D eigenvalue weighted by molar-refractivity contribution is 5.15. The minimum atomic E-state index is -6.48. The Morgan fingerprint density at radius 2 is 1.69 bits per heavy atom. The number of hydrogen-bond acceptors (Lipinski definition) is 2. The molecule has 0 aromatic rings. The van der Waals surface area contributed by atoms with E-state index >= 15 is 0 Å². The van der Waals surface area contributed by atoms with Crippen molar-refractivity contribution in [1.29, 1.82) is 0 Å². The van der Waals surface area contributed by atoms with Gasteiger partial charge >= 0.3 is 18.0 Å². The van der Waals surface area contributed by atoms with Gasteiger partial charge in [-0.05, 0) is 26.2 Å². The number of alkyl halides is 7. The summed E-state index contributed by atoms with van der Waals surface area (Å²) in [5.41, 5.74) is 0.918. The first-order chi connectivity index (χ1) is 11.8. The topological polar surface area (TPSA) is 23.5 Å². The lowest BCUT2D eigenvalue weighted by Gasteiger charge is -2.43. The van der Waals surface area contributed by atoms with Crippen LogP contribution in [0.5, 0.6) is 0 Å². The predicted octanol–water partition coefficient (Wildman–Crippen LogP) is 4.72. The van der Waals surface area contributed by atoms with Crippen LogP contribution in [-0.4, -0.2) is 52.8 Å². The number of aliphatic hydroxyl groups excluding tert-OH is 1. The minimum Gasteiger partial charge on any atom is -0.385 e. The van der Waals surface area contributed by atoms with Gasteiger partial charge in [0.15, 0.2) is 0 Å². The molecule has 3 atom stereocenters. The van der Waals surface area contributed by atoms with Gasteiger partial charge in [-0.25, -0.2) is 0 Å². The predicted molar refractivity (Wildman–Crippen MR) is 84.2 cm³/mol. The molecule has 2 nitrogen and oxygen atoms in total. The van der Waals surface area contributed by atoms with Crippen LogP contribution in [0.1, 0.15) is 26.2 Å². The summed E-state index contributed by atoms with van der Waals surface area (Å²) in [5.74, 6) is -12.0. The van der Waals surface area contributed by atoms with Gasteiger partial charge in [0.1, 0.15) is 6.10 Å². The highest BCUT2D eigenvalue weighted by atomic mass is 19.4. The molecular weight excluding hydrogens is 367 g/mol. The van der Waals surface area contributed by atoms with Crippen molar-refractivity contribution in [1.82, 2.24) is 4.90 Å². The molecule has 1 rings (SSSR count). The molecule has 0 bridgehead atoms. The van der Waals surface area contributed by atoms with Gasteiger partial charge in [0.05, 0.1) is 0 Å². The van der Waals surface area contributed by atoms with E-state index < -0.39 is 42.8 Å². The zero-order chi connectivity index (χ0) is 20.3. The lowest BCUT2D eigenvalue weighted by Crippen LogP contribution is -2.61. The standard InChI is InChI=1S/C17H22F7NO/c1-4-6-12-8-11(3)9-13(7-5-2)25(12)10-14(26)15(18,19)16(20,21)17(22,23)24/h4-5,8,12-14,26H,1-2,6-7,9-10H2,3H3/t12-,13+,14-/m0/s1. The molecule has 0 radical (unpaired) electrons. The summed E-state index contributed by atoms with van der Waals surface area (Å²) < 4.78 is 90.8. The van der Waals surface area contributed by atoms with E-state index in [-0.39, 0.29) is 6.42 Å². The maximum absolute atomic E-state index is 13.7. The SMILES string of the molecule is C=CC[C@@H]1CC(C)=C[C@H](CC=C)N1C[C@H](O)C(F)(F)C(F)(F)C(F)(F)F. The van der Waals surface area contributed by atoms with Crippen LogP contribution < -0.4 is 0 Å². The van der Waals surface area contributed by atoms with Crippen molar-refractivity contribution in [3.05, 3.63) is 37.0 Å². The van der Waals surface area contributed by atoms with Gasteiger partial charge in [-0.1, -0.05) is 23.8 Å². The van der Waals surface area contributed by atoms with E-state index in [9.17, 15) is 35.8 Å². The molecule has 0 fully saturated rings. The smallest absolute Gasteiger partial charge is 0.385 e. The van der Waals surface area contributed by atoms with Crippen LogP contribution in [0.2, 0.25) is 0 Å². The van der Waals surface area contributed by atoms with E-state index in [1.165, 1.54) is 17.1 Å². The van der Waals surface area contributed by atoms with Crippen molar-refractivity contribution in [2.45, 2.75) is 62.4 Å². The van der Waals surface area contributed by atoms with Crippen LogP contribution in [0, 0.1) is 0 Å². The number of aliphatic hydroxyl groups is 1. The summed E-state index contributed by atoms with van der Waals surface area (Å²) in [5, 5.41) is 9.62. The molecule has 0 amide bonds. The van der Waals surface area contributed by atoms with Crippen LogP contribution in [-0.2, 0) is 0 Å². The summed E-state index contributed by atoms with van der Waals surface area (Å²) in [7, 11) is 0. The number of hydrogen-bond donors (Lipinski definition) is 1. The molecule has 0 spiro atoms. The van der Waals surface area contributed by atoms with E-state index in [1.54, 1.807) is 13.0 Å². The van der Waals surface area contributed by atoms with E-state index in [0.29, 0.717) is 12.8 Å². The summed E-state index contributed by atoms with van der Waals surface area (Å²) in [6, 6.07) is -0.997. The molecule has 150 valence electrons. The molecular formula is C17H22F7NO. The second kappa shape index (κ2) is 8.12. The van der Waals surface area contributed by atoms with E-state index in [4.69, 9.17) is 0 Å². The molecule has 0 aromatic heterocycles. The second-order valence-corrected chi connectivity index (χ2v) is 6.39. The summed E-state index contributed by atoms with van der Waals surface area (Å²) in [4.78, 5) is 1.31. The number of rotatable bonds is 8. The fourth-order valence-electron chi connectivity index (χ4n) is 3.03. The zero-order valence-electron chi connectivity index (χ0n) is 14.2. The molecule has 1 aliphatic heterocycles. The number of halogens is 7. The molecule has 0 unspecified atom stereocenters. The van der Waals surface area contributed by atoms with Crippen molar-refractivity contribution in [2.24, 2.45) is 0 Å². The highest BCUT2D eigenvalue weighted by Crippen LogP contribution is 2.48. The van der Waals surface area contributed by atoms with Crippen molar-refractivity contribution in [3.8, 4) is 0 Å². The highest BCUT2D eigenvalue weighted by Gasteiger charge is 2.75. The second-order valence-electron chi connectivity index (χ2n) is 6.39. The monoisotopic (exact) mass is 389 g/mol. The Labute approximate surface area is 147 Å². The van der Waals surface area contributed by atoms with Crippen molar-refractivity contribution >= 4 is 0 Å². The van der Waals surface area contributed by atoms with Crippen molar-refractivity contribution in [3.63, 3.8) is 0 Å². The van der Waals surface area contributed by atoms with Crippen LogP contribution >= 0.6 is 0 Å². The summed E-state index contributed by atoms with van der Waals surface area (Å²) in [6.45, 7) is 7.82. The average Bonchev–Trinajstić information content (AvgIpc) is 2.49. The molecule has 1 N–H and O–H groups in total. The fourth-order valence-corrected chi connectivity index (χ4v) is 3.03. The van der Waals surface area contributed by atoms with Gasteiger partial charge in [0.25, 0.3) is 0 Å². The Morgan fingerprint density at radius 1 is 1.15 bits per heavy atom. The first-order valence-corrected chi connectivity index (χ1v) is 7.94. The Morgan fingerprint density at radius 3 is 2.15 bits per heavy atom. The first-order valence-electron chi connectivity index (χ1n) is 7.94. The Bertz CT molecular complexity index is 542. The van der Waals surface area contributed by atoms with Crippen molar-refractivity contribution < 1.29 is 35.8 Å². The molecule has 1 heterocycles. The quantitative estimate of drug-likeness (QED) is 0.480. The van der Waals surface area contributed by atoms with Crippen LogP contribution in [0.4, 0.5) is 30.7 Å². The Kier molecular flexibility index (Phi) is 7.09. The van der Waals surface area contributed by atoms with Crippen LogP contribution in [0.25, 0.3) is 0 Å². The van der Waals surface area contributed by atoms with E-state index in [1.807, 2.05) is 0 Å². The van der Waals surface area contributed by atoms with Gasteiger partial charge in [-0.3, -0.25) is 4.90 Å². The normalized spacial score (nSPS) is 24.1. The molecule has 0 aliphatic carbocycles. The van der Waals surface area contributed by atoms with Crippen LogP contribution in [0.3, 0.4) is 0 Å². The van der Waals surface area contributed by atoms with E-state index in [0.717, 1.165) is 5.57 Å². The van der Waals surface area contributed by atoms with Crippen LogP contribution in [0.15, 0.2) is 37.0 Å². The third kappa shape index (κ3) is 4.49.